The Labute approximate surface area is 287 Å². The highest BCUT2D eigenvalue weighted by atomic mass is 32.2. The Hall–Kier alpha value is -2.99. The highest BCUT2D eigenvalue weighted by molar-refractivity contribution is 7.85. The van der Waals surface area contributed by atoms with Crippen LogP contribution in [0.1, 0.15) is 71.0 Å². The van der Waals surface area contributed by atoms with Crippen molar-refractivity contribution in [2.75, 3.05) is 62.1 Å². The number of hydrogen-bond donors (Lipinski definition) is 4. The van der Waals surface area contributed by atoms with Gasteiger partial charge < -0.3 is 9.64 Å². The Morgan fingerprint density at radius 3 is 2.61 bits per heavy atom. The van der Waals surface area contributed by atoms with Crippen LogP contribution in [0.25, 0.3) is 0 Å². The van der Waals surface area contributed by atoms with E-state index >= 15 is 4.39 Å². The summed E-state index contributed by atoms with van der Waals surface area (Å²) in [5.41, 5.74) is 6.25. The normalized spacial score (nSPS) is 27.2. The molecule has 3 heterocycles. The predicted molar refractivity (Wildman–Crippen MR) is 177 cm³/mol. The van der Waals surface area contributed by atoms with Crippen molar-refractivity contribution in [3.63, 3.8) is 0 Å². The van der Waals surface area contributed by atoms with Gasteiger partial charge in [0.05, 0.1) is 42.9 Å². The molecule has 1 aromatic rings. The second kappa shape index (κ2) is 15.5. The molecular formula is C32H50FN7O8S. The number of ketones is 1. The summed E-state index contributed by atoms with van der Waals surface area (Å²) in [5.74, 6) is -0.574. The minimum Gasteiger partial charge on any atom is -0.378 e. The molecule has 3 saturated carbocycles. The molecule has 17 heteroatoms. The smallest absolute Gasteiger partial charge is 0.265 e. The van der Waals surface area contributed by atoms with E-state index in [9.17, 15) is 22.8 Å². The number of nitrogens with one attached hydrogen (secondary N) is 3. The van der Waals surface area contributed by atoms with E-state index in [-0.39, 0.29) is 47.3 Å². The number of hydrazine groups is 1. The van der Waals surface area contributed by atoms with Crippen LogP contribution in [0.5, 0.6) is 0 Å². The number of piperazine rings is 1. The second-order valence-corrected chi connectivity index (χ2v) is 16.1. The maximum absolute atomic E-state index is 15.4. The quantitative estimate of drug-likeness (QED) is 0.107. The molecular weight excluding hydrogens is 661 g/mol. The molecule has 0 radical (unpaired) electrons. The highest BCUT2D eigenvalue weighted by Crippen LogP contribution is 2.64. The fourth-order valence-corrected chi connectivity index (χ4v) is 9.80. The largest absolute Gasteiger partial charge is 0.378 e. The van der Waals surface area contributed by atoms with E-state index in [0.29, 0.717) is 57.1 Å². The van der Waals surface area contributed by atoms with E-state index in [2.05, 4.69) is 31.2 Å². The summed E-state index contributed by atoms with van der Waals surface area (Å²) in [6.45, 7) is 9.93. The first-order chi connectivity index (χ1) is 23.2. The molecule has 0 aromatic carbocycles. The van der Waals surface area contributed by atoms with Gasteiger partial charge in [-0.1, -0.05) is 39.5 Å². The SMILES string of the molecule is CC1(C)C2CCC1(CS(=O)(=O)O)C(=O)C2.Cc1nc(NNC(=O)[C@@H](CONC=O)CC2CCCC2)c(F)c(N2CCN3CCOC[C@@H]3C2)n1. The van der Waals surface area contributed by atoms with Crippen LogP contribution >= 0.6 is 0 Å². The average molecular weight is 712 g/mol. The van der Waals surface area contributed by atoms with Crippen LogP contribution in [0.3, 0.4) is 0 Å². The molecule has 2 bridgehead atoms. The summed E-state index contributed by atoms with van der Waals surface area (Å²) in [6, 6.07) is 0.199. The molecule has 2 amide bonds. The minimum absolute atomic E-state index is 0.0152. The Bertz CT molecular complexity index is 1480. The van der Waals surface area contributed by atoms with Gasteiger partial charge in [-0.05, 0) is 43.4 Å². The molecule has 1 aromatic heterocycles. The Morgan fingerprint density at radius 1 is 1.20 bits per heavy atom. The van der Waals surface area contributed by atoms with Gasteiger partial charge in [-0.3, -0.25) is 39.5 Å². The van der Waals surface area contributed by atoms with Crippen molar-refractivity contribution in [1.82, 2.24) is 25.8 Å². The van der Waals surface area contributed by atoms with Crippen LogP contribution in [0.4, 0.5) is 16.0 Å². The zero-order valence-corrected chi connectivity index (χ0v) is 29.4. The van der Waals surface area contributed by atoms with Crippen molar-refractivity contribution in [2.45, 2.75) is 78.2 Å². The van der Waals surface area contributed by atoms with Crippen LogP contribution in [-0.2, 0) is 34.1 Å². The third-order valence-corrected chi connectivity index (χ3v) is 12.3. The van der Waals surface area contributed by atoms with E-state index in [4.69, 9.17) is 14.1 Å². The summed E-state index contributed by atoms with van der Waals surface area (Å²) in [6.07, 6.45) is 7.47. The monoisotopic (exact) mass is 711 g/mol. The van der Waals surface area contributed by atoms with Crippen molar-refractivity contribution in [1.29, 1.82) is 0 Å². The first kappa shape index (κ1) is 37.3. The van der Waals surface area contributed by atoms with Gasteiger partial charge in [0.15, 0.2) is 11.6 Å². The molecule has 274 valence electrons. The minimum atomic E-state index is -4.08. The number of carbonyl (C=O) groups is 3. The molecule has 49 heavy (non-hydrogen) atoms. The molecule has 0 spiro atoms. The number of amides is 2. The van der Waals surface area contributed by atoms with Crippen LogP contribution < -0.4 is 21.2 Å². The maximum Gasteiger partial charge on any atom is 0.265 e. The molecule has 6 rings (SSSR count). The van der Waals surface area contributed by atoms with Crippen molar-refractivity contribution >= 4 is 39.9 Å². The lowest BCUT2D eigenvalue weighted by Gasteiger charge is -2.44. The summed E-state index contributed by atoms with van der Waals surface area (Å²) in [5, 5.41) is 0. The Balaban J connectivity index is 0.000000259. The number of fused-ring (bicyclic) bond motifs is 3. The third-order valence-electron chi connectivity index (χ3n) is 11.4. The first-order valence-corrected chi connectivity index (χ1v) is 18.8. The number of carbonyl (C=O) groups excluding carboxylic acids is 3. The Morgan fingerprint density at radius 2 is 1.96 bits per heavy atom. The number of aryl methyl sites for hydroxylation is 1. The number of anilines is 2. The van der Waals surface area contributed by atoms with Gasteiger partial charge in [-0.2, -0.15) is 12.8 Å². The summed E-state index contributed by atoms with van der Waals surface area (Å²) in [7, 11) is -4.08. The predicted octanol–water partition coefficient (Wildman–Crippen LogP) is 2.03. The van der Waals surface area contributed by atoms with Gasteiger partial charge in [0.2, 0.25) is 18.1 Å². The van der Waals surface area contributed by atoms with E-state index in [1.54, 1.807) is 6.92 Å². The summed E-state index contributed by atoms with van der Waals surface area (Å²) < 4.78 is 51.9. The van der Waals surface area contributed by atoms with E-state index in [0.717, 1.165) is 51.8 Å². The number of aromatic nitrogens is 2. The van der Waals surface area contributed by atoms with Gasteiger partial charge in [0, 0.05) is 32.6 Å². The number of hydrogen-bond acceptors (Lipinski definition) is 12. The van der Waals surface area contributed by atoms with Crippen molar-refractivity contribution in [2.24, 2.45) is 28.6 Å². The second-order valence-electron chi connectivity index (χ2n) is 14.6. The fraction of sp³-hybridized carbons (Fsp3) is 0.781. The molecule has 5 fully saturated rings. The third kappa shape index (κ3) is 8.49. The molecule has 4 N–H and O–H groups in total. The number of rotatable bonds is 12. The van der Waals surface area contributed by atoms with Gasteiger partial charge in [-0.25, -0.2) is 15.4 Å². The zero-order chi connectivity index (χ0) is 35.4. The molecule has 4 atom stereocenters. The number of halogens is 1. The lowest BCUT2D eigenvalue weighted by molar-refractivity contribution is -0.132. The number of ether oxygens (including phenoxy) is 1. The molecule has 5 aliphatic rings. The van der Waals surface area contributed by atoms with Crippen LogP contribution in [-0.4, -0.2) is 104 Å². The highest BCUT2D eigenvalue weighted by Gasteiger charge is 2.65. The lowest BCUT2D eigenvalue weighted by Crippen LogP contribution is -2.58. The van der Waals surface area contributed by atoms with E-state index in [1.807, 2.05) is 18.7 Å². The van der Waals surface area contributed by atoms with Gasteiger partial charge in [-0.15, -0.1) is 0 Å². The molecule has 2 saturated heterocycles. The number of hydroxylamine groups is 1. The standard InChI is InChI=1S/C22H34FN7O4.C10H16O4S/c1-15-25-20(19(23)21(26-15)30-7-6-29-8-9-33-13-18(29)11-30)27-28-22(32)17(12-34-24-14-31)10-16-4-2-3-5-16;1-9(2)7-3-4-10(9,8(11)5-7)6-15(12,13)14/h14,16-18H,2-13H2,1H3,(H,24,31)(H,28,32)(H,25,26,27);7H,3-6H2,1-2H3,(H,12,13,14)/t17-,18+;/m1./s1. The van der Waals surface area contributed by atoms with Crippen LogP contribution in [0.2, 0.25) is 0 Å². The lowest BCUT2D eigenvalue weighted by atomic mass is 9.70. The maximum atomic E-state index is 15.4. The van der Waals surface area contributed by atoms with Gasteiger partial charge in [0.1, 0.15) is 11.6 Å². The number of Topliss-reactive ketones (excluding diaryl/α,β-unsaturated/α-hetero) is 1. The van der Waals surface area contributed by atoms with E-state index < -0.39 is 33.0 Å². The summed E-state index contributed by atoms with van der Waals surface area (Å²) >= 11 is 0. The van der Waals surface area contributed by atoms with Crippen molar-refractivity contribution in [3.8, 4) is 0 Å². The average Bonchev–Trinajstić information content (AvgIpc) is 3.70. The molecule has 3 aliphatic carbocycles. The number of morpholine rings is 1. The fourth-order valence-electron chi connectivity index (χ4n) is 8.50. The Kier molecular flexibility index (Phi) is 11.8. The zero-order valence-electron chi connectivity index (χ0n) is 28.6. The van der Waals surface area contributed by atoms with Gasteiger partial charge in [0.25, 0.3) is 10.1 Å². The topological polar surface area (TPSA) is 192 Å². The molecule has 2 aliphatic heterocycles. The van der Waals surface area contributed by atoms with Crippen molar-refractivity contribution < 1.29 is 41.3 Å². The molecule has 15 nitrogen and oxygen atoms in total. The van der Waals surface area contributed by atoms with Crippen LogP contribution in [0, 0.1) is 41.3 Å². The van der Waals surface area contributed by atoms with Crippen LogP contribution in [0.15, 0.2) is 0 Å². The summed E-state index contributed by atoms with van der Waals surface area (Å²) in [4.78, 5) is 53.1. The van der Waals surface area contributed by atoms with Crippen molar-refractivity contribution in [3.05, 3.63) is 11.6 Å². The van der Waals surface area contributed by atoms with Gasteiger partial charge >= 0.3 is 0 Å². The number of nitrogens with zero attached hydrogens (tertiary/aromatic N) is 4. The first-order valence-electron chi connectivity index (χ1n) is 17.2. The molecule has 2 unspecified atom stereocenters. The van der Waals surface area contributed by atoms with E-state index in [1.165, 1.54) is 0 Å².